The number of ether oxygens (including phenoxy) is 2. The Morgan fingerprint density at radius 3 is 2.33 bits per heavy atom. The number of nitrogens with one attached hydrogen (secondary N) is 1. The zero-order chi connectivity index (χ0) is 11.4. The maximum Gasteiger partial charge on any atom is 0.314 e. The van der Waals surface area contributed by atoms with Crippen molar-refractivity contribution < 1.29 is 14.4 Å². The number of methoxy groups -OCH3 is 2. The highest BCUT2D eigenvalue weighted by Crippen LogP contribution is 2.36. The molecule has 82 valence electrons. The van der Waals surface area contributed by atoms with Crippen molar-refractivity contribution in [3.05, 3.63) is 22.2 Å². The highest BCUT2D eigenvalue weighted by atomic mass is 16.6. The summed E-state index contributed by atoms with van der Waals surface area (Å²) in [6, 6.07) is 2.64. The van der Waals surface area contributed by atoms with Gasteiger partial charge < -0.3 is 14.9 Å². The quantitative estimate of drug-likeness (QED) is 0.438. The average Bonchev–Trinajstić information content (AvgIpc) is 2.26. The summed E-state index contributed by atoms with van der Waals surface area (Å²) in [5.41, 5.74) is 2.60. The third kappa shape index (κ3) is 2.08. The number of benzene rings is 1. The molecule has 7 heteroatoms. The van der Waals surface area contributed by atoms with Crippen LogP contribution in [-0.4, -0.2) is 19.1 Å². The lowest BCUT2D eigenvalue weighted by molar-refractivity contribution is -0.385. The molecule has 0 bridgehead atoms. The Kier molecular flexibility index (Phi) is 3.29. The van der Waals surface area contributed by atoms with E-state index in [1.807, 2.05) is 0 Å². The van der Waals surface area contributed by atoms with Crippen LogP contribution >= 0.6 is 0 Å². The van der Waals surface area contributed by atoms with Gasteiger partial charge in [-0.15, -0.1) is 0 Å². The predicted molar refractivity (Wildman–Crippen MR) is 54.0 cm³/mol. The Morgan fingerprint density at radius 2 is 1.93 bits per heavy atom. The largest absolute Gasteiger partial charge is 0.494 e. The first-order valence-corrected chi connectivity index (χ1v) is 4.01. The molecule has 0 fully saturated rings. The Bertz CT molecular complexity index is 380. The third-order valence-corrected chi connectivity index (χ3v) is 1.85. The van der Waals surface area contributed by atoms with E-state index in [1.54, 1.807) is 0 Å². The summed E-state index contributed by atoms with van der Waals surface area (Å²) in [7, 11) is 2.74. The van der Waals surface area contributed by atoms with Crippen molar-refractivity contribution in [2.75, 3.05) is 19.6 Å². The van der Waals surface area contributed by atoms with Gasteiger partial charge in [-0.2, -0.15) is 0 Å². The highest BCUT2D eigenvalue weighted by molar-refractivity contribution is 5.66. The Balaban J connectivity index is 3.34. The molecule has 15 heavy (non-hydrogen) atoms. The van der Waals surface area contributed by atoms with Crippen LogP contribution in [0.4, 0.5) is 11.4 Å². The normalized spacial score (nSPS) is 9.53. The number of hydrogen-bond donors (Lipinski definition) is 2. The number of anilines is 1. The predicted octanol–water partition coefficient (Wildman–Crippen LogP) is 0.898. The maximum absolute atomic E-state index is 10.7. The van der Waals surface area contributed by atoms with Gasteiger partial charge in [0.1, 0.15) is 5.75 Å². The lowest BCUT2D eigenvalue weighted by Crippen LogP contribution is -2.09. The smallest absolute Gasteiger partial charge is 0.314 e. The van der Waals surface area contributed by atoms with Gasteiger partial charge in [0.15, 0.2) is 5.75 Å². The molecule has 0 radical (unpaired) electrons. The lowest BCUT2D eigenvalue weighted by atomic mass is 10.2. The number of nitro groups is 1. The van der Waals surface area contributed by atoms with Crippen molar-refractivity contribution >= 4 is 11.4 Å². The van der Waals surface area contributed by atoms with Gasteiger partial charge in [-0.3, -0.25) is 16.0 Å². The minimum Gasteiger partial charge on any atom is -0.494 e. The first kappa shape index (κ1) is 11.1. The highest BCUT2D eigenvalue weighted by Gasteiger charge is 2.18. The Labute approximate surface area is 85.9 Å². The Morgan fingerprint density at radius 1 is 1.33 bits per heavy atom. The van der Waals surface area contributed by atoms with Gasteiger partial charge in [0.25, 0.3) is 0 Å². The monoisotopic (exact) mass is 213 g/mol. The number of hydrazine groups is 1. The van der Waals surface area contributed by atoms with Crippen LogP contribution in [0.2, 0.25) is 0 Å². The minimum absolute atomic E-state index is 0.119. The van der Waals surface area contributed by atoms with Crippen LogP contribution < -0.4 is 20.7 Å². The van der Waals surface area contributed by atoms with Gasteiger partial charge in [0, 0.05) is 6.07 Å². The zero-order valence-corrected chi connectivity index (χ0v) is 8.31. The van der Waals surface area contributed by atoms with E-state index in [1.165, 1.54) is 26.4 Å². The van der Waals surface area contributed by atoms with Crippen LogP contribution in [0.3, 0.4) is 0 Å². The Hall–Kier alpha value is -2.02. The van der Waals surface area contributed by atoms with Gasteiger partial charge in [-0.05, 0) is 0 Å². The second-order valence-electron chi connectivity index (χ2n) is 2.63. The first-order chi connectivity index (χ1) is 7.13. The van der Waals surface area contributed by atoms with E-state index in [0.717, 1.165) is 0 Å². The molecule has 1 aromatic carbocycles. The molecule has 0 amide bonds. The molecule has 0 atom stereocenters. The molecule has 0 aliphatic carbocycles. The molecular formula is C8H11N3O4. The van der Waals surface area contributed by atoms with Crippen molar-refractivity contribution in [3.8, 4) is 11.5 Å². The van der Waals surface area contributed by atoms with E-state index in [-0.39, 0.29) is 17.2 Å². The van der Waals surface area contributed by atoms with Gasteiger partial charge >= 0.3 is 5.69 Å². The number of rotatable bonds is 4. The van der Waals surface area contributed by atoms with Crippen LogP contribution in [0.5, 0.6) is 11.5 Å². The van der Waals surface area contributed by atoms with Gasteiger partial charge in [-0.1, -0.05) is 0 Å². The second kappa shape index (κ2) is 4.47. The molecule has 1 aromatic rings. The number of nitrogens with two attached hydrogens (primary N) is 1. The summed E-state index contributed by atoms with van der Waals surface area (Å²) in [6.45, 7) is 0. The molecule has 7 nitrogen and oxygen atoms in total. The van der Waals surface area contributed by atoms with Gasteiger partial charge in [0.05, 0.1) is 30.9 Å². The SMILES string of the molecule is COc1cc([N+](=O)[O-])c(OC)cc1NN. The molecule has 1 rings (SSSR count). The number of nitrogens with zero attached hydrogens (tertiary/aromatic N) is 1. The van der Waals surface area contributed by atoms with Crippen LogP contribution in [-0.2, 0) is 0 Å². The topological polar surface area (TPSA) is 99.7 Å². The van der Waals surface area contributed by atoms with Crippen LogP contribution in [0.1, 0.15) is 0 Å². The standard InChI is InChI=1S/C8H11N3O4/c1-14-7-4-6(11(12)13)8(15-2)3-5(7)10-9/h3-4,10H,9H2,1-2H3. The van der Waals surface area contributed by atoms with E-state index in [2.05, 4.69) is 5.43 Å². The minimum atomic E-state index is -0.554. The van der Waals surface area contributed by atoms with E-state index >= 15 is 0 Å². The molecular weight excluding hydrogens is 202 g/mol. The number of nitro benzene ring substituents is 1. The molecule has 0 unspecified atom stereocenters. The summed E-state index contributed by atoms with van der Waals surface area (Å²) in [5.74, 6) is 5.62. The average molecular weight is 213 g/mol. The molecule has 0 aromatic heterocycles. The van der Waals surface area contributed by atoms with Crippen molar-refractivity contribution in [2.24, 2.45) is 5.84 Å². The van der Waals surface area contributed by atoms with Crippen molar-refractivity contribution in [3.63, 3.8) is 0 Å². The van der Waals surface area contributed by atoms with E-state index in [9.17, 15) is 10.1 Å². The molecule has 0 saturated heterocycles. The maximum atomic E-state index is 10.7. The number of hydrogen-bond acceptors (Lipinski definition) is 6. The molecule has 0 heterocycles. The van der Waals surface area contributed by atoms with Crippen molar-refractivity contribution in [1.29, 1.82) is 0 Å². The lowest BCUT2D eigenvalue weighted by Gasteiger charge is -2.09. The van der Waals surface area contributed by atoms with Crippen LogP contribution in [0.15, 0.2) is 12.1 Å². The fraction of sp³-hybridized carbons (Fsp3) is 0.250. The fourth-order valence-corrected chi connectivity index (χ4v) is 1.14. The molecule has 0 saturated carbocycles. The van der Waals surface area contributed by atoms with E-state index in [4.69, 9.17) is 15.3 Å². The third-order valence-electron chi connectivity index (χ3n) is 1.85. The van der Waals surface area contributed by atoms with E-state index in [0.29, 0.717) is 5.69 Å². The molecule has 0 aliphatic rings. The molecule has 0 aliphatic heterocycles. The first-order valence-electron chi connectivity index (χ1n) is 4.01. The van der Waals surface area contributed by atoms with Crippen molar-refractivity contribution in [1.82, 2.24) is 0 Å². The summed E-state index contributed by atoms with van der Waals surface area (Å²) in [6.07, 6.45) is 0. The van der Waals surface area contributed by atoms with Gasteiger partial charge in [-0.25, -0.2) is 0 Å². The molecule has 3 N–H and O–H groups in total. The van der Waals surface area contributed by atoms with Crippen LogP contribution in [0.25, 0.3) is 0 Å². The molecule has 0 spiro atoms. The fourth-order valence-electron chi connectivity index (χ4n) is 1.14. The summed E-state index contributed by atoms with van der Waals surface area (Å²) >= 11 is 0. The second-order valence-corrected chi connectivity index (χ2v) is 2.63. The van der Waals surface area contributed by atoms with Crippen molar-refractivity contribution in [2.45, 2.75) is 0 Å². The summed E-state index contributed by atoms with van der Waals surface area (Å²) < 4.78 is 9.78. The van der Waals surface area contributed by atoms with E-state index < -0.39 is 4.92 Å². The van der Waals surface area contributed by atoms with Crippen LogP contribution in [0, 0.1) is 10.1 Å². The zero-order valence-electron chi connectivity index (χ0n) is 8.31. The number of nitrogen functional groups attached to an aromatic ring is 1. The van der Waals surface area contributed by atoms with Gasteiger partial charge in [0.2, 0.25) is 0 Å². The summed E-state index contributed by atoms with van der Waals surface area (Å²) in [4.78, 5) is 10.1. The summed E-state index contributed by atoms with van der Waals surface area (Å²) in [5, 5.41) is 10.7.